The predicted octanol–water partition coefficient (Wildman–Crippen LogP) is 0.762. The molecule has 0 aromatic carbocycles. The standard InChI is InChI=1S/C16H25N3O6S/c1-4-24-14(20)7-8-17-16(21)13-6-5-9-19(10-13)26(22,23)15-11(2)18-25-12(15)3/h13H,4-10H2,1-3H3,(H,17,21). The molecular weight excluding hydrogens is 362 g/mol. The van der Waals surface area contributed by atoms with E-state index in [0.29, 0.717) is 31.7 Å². The zero-order valence-electron chi connectivity index (χ0n) is 15.3. The maximum absolute atomic E-state index is 12.9. The number of carbonyl (C=O) groups is 2. The summed E-state index contributed by atoms with van der Waals surface area (Å²) in [6.07, 6.45) is 1.27. The second-order valence-electron chi connectivity index (χ2n) is 6.20. The fraction of sp³-hybridized carbons (Fsp3) is 0.688. The third-order valence-corrected chi connectivity index (χ3v) is 6.36. The summed E-state index contributed by atoms with van der Waals surface area (Å²) >= 11 is 0. The average molecular weight is 387 g/mol. The lowest BCUT2D eigenvalue weighted by Crippen LogP contribution is -2.45. The number of nitrogens with zero attached hydrogens (tertiary/aromatic N) is 2. The van der Waals surface area contributed by atoms with Crippen molar-refractivity contribution >= 4 is 21.9 Å². The zero-order valence-corrected chi connectivity index (χ0v) is 16.1. The first-order chi connectivity index (χ1) is 12.3. The van der Waals surface area contributed by atoms with Crippen molar-refractivity contribution in [2.24, 2.45) is 5.92 Å². The second kappa shape index (κ2) is 8.63. The fourth-order valence-corrected chi connectivity index (χ4v) is 4.83. The summed E-state index contributed by atoms with van der Waals surface area (Å²) in [7, 11) is -3.76. The van der Waals surface area contributed by atoms with Gasteiger partial charge in [0, 0.05) is 19.6 Å². The summed E-state index contributed by atoms with van der Waals surface area (Å²) in [6.45, 7) is 5.75. The molecule has 26 heavy (non-hydrogen) atoms. The van der Waals surface area contributed by atoms with E-state index < -0.39 is 15.9 Å². The van der Waals surface area contributed by atoms with Crippen LogP contribution in [0.1, 0.15) is 37.6 Å². The molecular formula is C16H25N3O6S. The highest BCUT2D eigenvalue weighted by molar-refractivity contribution is 7.89. The summed E-state index contributed by atoms with van der Waals surface area (Å²) in [6, 6.07) is 0. The van der Waals surface area contributed by atoms with Crippen LogP contribution in [0.3, 0.4) is 0 Å². The molecule has 1 saturated heterocycles. The highest BCUT2D eigenvalue weighted by Crippen LogP contribution is 2.27. The number of rotatable bonds is 7. The number of hydrogen-bond donors (Lipinski definition) is 1. The highest BCUT2D eigenvalue weighted by Gasteiger charge is 2.36. The van der Waals surface area contributed by atoms with Gasteiger partial charge in [0.1, 0.15) is 10.6 Å². The van der Waals surface area contributed by atoms with Gasteiger partial charge in [0.25, 0.3) is 0 Å². The molecule has 1 N–H and O–H groups in total. The largest absolute Gasteiger partial charge is 0.466 e. The number of aryl methyl sites for hydroxylation is 2. The Hall–Kier alpha value is -1.94. The monoisotopic (exact) mass is 387 g/mol. The van der Waals surface area contributed by atoms with Crippen LogP contribution in [0.5, 0.6) is 0 Å². The molecule has 1 fully saturated rings. The van der Waals surface area contributed by atoms with E-state index in [0.717, 1.165) is 0 Å². The van der Waals surface area contributed by atoms with Gasteiger partial charge in [-0.25, -0.2) is 8.42 Å². The summed E-state index contributed by atoms with van der Waals surface area (Å²) in [5, 5.41) is 6.38. The van der Waals surface area contributed by atoms with Gasteiger partial charge in [0.05, 0.1) is 18.9 Å². The molecule has 0 aliphatic carbocycles. The molecule has 1 unspecified atom stereocenters. The number of hydrogen-bond acceptors (Lipinski definition) is 7. The Balaban J connectivity index is 1.98. The van der Waals surface area contributed by atoms with Crippen LogP contribution < -0.4 is 5.32 Å². The van der Waals surface area contributed by atoms with Crippen LogP contribution >= 0.6 is 0 Å². The summed E-state index contributed by atoms with van der Waals surface area (Å²) in [4.78, 5) is 23.7. The van der Waals surface area contributed by atoms with Gasteiger partial charge >= 0.3 is 5.97 Å². The Morgan fingerprint density at radius 3 is 2.73 bits per heavy atom. The molecule has 1 aliphatic rings. The quantitative estimate of drug-likeness (QED) is 0.686. The smallest absolute Gasteiger partial charge is 0.307 e. The van der Waals surface area contributed by atoms with E-state index in [-0.39, 0.29) is 42.0 Å². The number of carbonyl (C=O) groups excluding carboxylic acids is 2. The third kappa shape index (κ3) is 4.61. The van der Waals surface area contributed by atoms with Crippen LogP contribution in [0.2, 0.25) is 0 Å². The Kier molecular flexibility index (Phi) is 6.76. The van der Waals surface area contributed by atoms with Crippen molar-refractivity contribution in [1.82, 2.24) is 14.8 Å². The van der Waals surface area contributed by atoms with Crippen LogP contribution in [0.4, 0.5) is 0 Å². The van der Waals surface area contributed by atoms with Crippen LogP contribution in [-0.2, 0) is 24.3 Å². The zero-order chi connectivity index (χ0) is 19.3. The Morgan fingerprint density at radius 1 is 1.38 bits per heavy atom. The molecule has 9 nitrogen and oxygen atoms in total. The molecule has 146 valence electrons. The van der Waals surface area contributed by atoms with E-state index in [1.54, 1.807) is 20.8 Å². The third-order valence-electron chi connectivity index (χ3n) is 4.25. The number of sulfonamides is 1. The molecule has 0 bridgehead atoms. The van der Waals surface area contributed by atoms with E-state index in [9.17, 15) is 18.0 Å². The van der Waals surface area contributed by atoms with Crippen LogP contribution in [0, 0.1) is 19.8 Å². The summed E-state index contributed by atoms with van der Waals surface area (Å²) in [5.74, 6) is -0.850. The number of esters is 1. The number of piperidine rings is 1. The van der Waals surface area contributed by atoms with Gasteiger partial charge in [-0.1, -0.05) is 5.16 Å². The van der Waals surface area contributed by atoms with Gasteiger partial charge < -0.3 is 14.6 Å². The lowest BCUT2D eigenvalue weighted by atomic mass is 9.99. The molecule has 1 aromatic rings. The lowest BCUT2D eigenvalue weighted by Gasteiger charge is -2.31. The molecule has 2 heterocycles. The molecule has 1 aromatic heterocycles. The van der Waals surface area contributed by atoms with Crippen molar-refractivity contribution < 1.29 is 27.3 Å². The molecule has 0 radical (unpaired) electrons. The minimum absolute atomic E-state index is 0.0702. The maximum Gasteiger partial charge on any atom is 0.307 e. The van der Waals surface area contributed by atoms with Crippen molar-refractivity contribution in [3.63, 3.8) is 0 Å². The van der Waals surface area contributed by atoms with E-state index in [1.807, 2.05) is 0 Å². The van der Waals surface area contributed by atoms with Crippen LogP contribution in [0.15, 0.2) is 9.42 Å². The number of nitrogens with one attached hydrogen (secondary N) is 1. The van der Waals surface area contributed by atoms with Crippen molar-refractivity contribution in [2.75, 3.05) is 26.2 Å². The first kappa shape index (κ1) is 20.4. The molecule has 1 atom stereocenters. The Bertz CT molecular complexity index is 739. The fourth-order valence-electron chi connectivity index (χ4n) is 3.01. The van der Waals surface area contributed by atoms with Crippen LogP contribution in [0.25, 0.3) is 0 Å². The topological polar surface area (TPSA) is 119 Å². The molecule has 10 heteroatoms. The van der Waals surface area contributed by atoms with Gasteiger partial charge in [0.15, 0.2) is 5.76 Å². The van der Waals surface area contributed by atoms with Crippen molar-refractivity contribution in [1.29, 1.82) is 0 Å². The predicted molar refractivity (Wildman–Crippen MR) is 91.7 cm³/mol. The molecule has 1 amide bonds. The summed E-state index contributed by atoms with van der Waals surface area (Å²) in [5.41, 5.74) is 0.309. The van der Waals surface area contributed by atoms with Gasteiger partial charge in [-0.3, -0.25) is 9.59 Å². The first-order valence-corrected chi connectivity index (χ1v) is 10.1. The number of ether oxygens (including phenoxy) is 1. The van der Waals surface area contributed by atoms with Crippen molar-refractivity contribution in [3.8, 4) is 0 Å². The van der Waals surface area contributed by atoms with Gasteiger partial charge in [0.2, 0.25) is 15.9 Å². The number of amides is 1. The normalized spacial score (nSPS) is 18.5. The van der Waals surface area contributed by atoms with Crippen molar-refractivity contribution in [2.45, 2.75) is 44.9 Å². The van der Waals surface area contributed by atoms with Crippen LogP contribution in [-0.4, -0.2) is 56.0 Å². The lowest BCUT2D eigenvalue weighted by molar-refractivity contribution is -0.143. The second-order valence-corrected chi connectivity index (χ2v) is 8.08. The first-order valence-electron chi connectivity index (χ1n) is 8.63. The molecule has 1 aliphatic heterocycles. The van der Waals surface area contributed by atoms with E-state index in [1.165, 1.54) is 4.31 Å². The SMILES string of the molecule is CCOC(=O)CCNC(=O)C1CCCN(S(=O)(=O)c2c(C)noc2C)C1. The minimum Gasteiger partial charge on any atom is -0.466 e. The van der Waals surface area contributed by atoms with E-state index in [2.05, 4.69) is 10.5 Å². The Labute approximate surface area is 153 Å². The molecule has 0 spiro atoms. The van der Waals surface area contributed by atoms with E-state index >= 15 is 0 Å². The molecule has 0 saturated carbocycles. The average Bonchev–Trinajstić information content (AvgIpc) is 2.94. The number of aromatic nitrogens is 1. The van der Waals surface area contributed by atoms with Crippen molar-refractivity contribution in [3.05, 3.63) is 11.5 Å². The minimum atomic E-state index is -3.76. The Morgan fingerprint density at radius 2 is 2.12 bits per heavy atom. The van der Waals surface area contributed by atoms with Gasteiger partial charge in [-0.2, -0.15) is 4.31 Å². The van der Waals surface area contributed by atoms with Gasteiger partial charge in [-0.05, 0) is 33.6 Å². The highest BCUT2D eigenvalue weighted by atomic mass is 32.2. The maximum atomic E-state index is 12.9. The van der Waals surface area contributed by atoms with Gasteiger partial charge in [-0.15, -0.1) is 0 Å². The molecule has 2 rings (SSSR count). The summed E-state index contributed by atoms with van der Waals surface area (Å²) < 4.78 is 36.8. The van der Waals surface area contributed by atoms with E-state index in [4.69, 9.17) is 9.26 Å².